The third kappa shape index (κ3) is 2.91. The first-order valence-corrected chi connectivity index (χ1v) is 6.46. The van der Waals surface area contributed by atoms with Crippen LogP contribution >= 0.6 is 0 Å². The zero-order valence-electron chi connectivity index (χ0n) is 9.10. The summed E-state index contributed by atoms with van der Waals surface area (Å²) >= 11 is 0. The first kappa shape index (κ1) is 11.8. The van der Waals surface area contributed by atoms with Crippen molar-refractivity contribution in [1.29, 1.82) is 0 Å². The van der Waals surface area contributed by atoms with Gasteiger partial charge in [-0.1, -0.05) is 18.2 Å². The SMILES string of the molecule is Nc1ccc(S(=O)Cc2ccccc2F)cc1. The van der Waals surface area contributed by atoms with E-state index in [4.69, 9.17) is 5.73 Å². The molecule has 0 fully saturated rings. The summed E-state index contributed by atoms with van der Waals surface area (Å²) < 4.78 is 25.4. The van der Waals surface area contributed by atoms with Crippen molar-refractivity contribution in [2.45, 2.75) is 10.6 Å². The van der Waals surface area contributed by atoms with E-state index in [9.17, 15) is 8.60 Å². The minimum atomic E-state index is -1.25. The first-order valence-electron chi connectivity index (χ1n) is 5.14. The Kier molecular flexibility index (Phi) is 3.54. The molecule has 0 aliphatic carbocycles. The molecule has 2 aromatic rings. The number of hydrogen-bond donors (Lipinski definition) is 1. The number of halogens is 1. The molecule has 88 valence electrons. The lowest BCUT2D eigenvalue weighted by Gasteiger charge is -2.04. The van der Waals surface area contributed by atoms with Crippen LogP contribution in [0.25, 0.3) is 0 Å². The lowest BCUT2D eigenvalue weighted by atomic mass is 10.2. The lowest BCUT2D eigenvalue weighted by Crippen LogP contribution is -1.99. The molecule has 0 bridgehead atoms. The number of benzene rings is 2. The van der Waals surface area contributed by atoms with E-state index in [-0.39, 0.29) is 11.6 Å². The molecule has 2 rings (SSSR count). The molecule has 0 aliphatic rings. The van der Waals surface area contributed by atoms with E-state index in [1.165, 1.54) is 6.07 Å². The molecule has 0 aliphatic heterocycles. The standard InChI is InChI=1S/C13H12FNOS/c14-13-4-2-1-3-10(13)9-17(16)12-7-5-11(15)6-8-12/h1-8H,9,15H2. The Labute approximate surface area is 102 Å². The predicted octanol–water partition coefficient (Wildman–Crippen LogP) is 2.72. The quantitative estimate of drug-likeness (QED) is 0.850. The van der Waals surface area contributed by atoms with Crippen LogP contribution in [-0.2, 0) is 16.6 Å². The predicted molar refractivity (Wildman–Crippen MR) is 67.4 cm³/mol. The summed E-state index contributed by atoms with van der Waals surface area (Å²) in [6.45, 7) is 0. The minimum absolute atomic E-state index is 0.177. The molecule has 0 aromatic heterocycles. The van der Waals surface area contributed by atoms with Crippen LogP contribution in [0.5, 0.6) is 0 Å². The van der Waals surface area contributed by atoms with Gasteiger partial charge in [-0.15, -0.1) is 0 Å². The van der Waals surface area contributed by atoms with Crippen LogP contribution in [0.2, 0.25) is 0 Å². The fourth-order valence-corrected chi connectivity index (χ4v) is 2.58. The topological polar surface area (TPSA) is 43.1 Å². The molecular formula is C13H12FNOS. The van der Waals surface area contributed by atoms with Gasteiger partial charge in [0.05, 0.1) is 16.6 Å². The van der Waals surface area contributed by atoms with Crippen molar-refractivity contribution in [2.24, 2.45) is 0 Å². The molecule has 0 saturated heterocycles. The Morgan fingerprint density at radius 1 is 1.06 bits per heavy atom. The van der Waals surface area contributed by atoms with E-state index in [0.717, 1.165) is 0 Å². The smallest absolute Gasteiger partial charge is 0.127 e. The van der Waals surface area contributed by atoms with Crippen molar-refractivity contribution in [3.05, 3.63) is 59.9 Å². The van der Waals surface area contributed by atoms with Crippen molar-refractivity contribution in [2.75, 3.05) is 5.73 Å². The molecule has 0 heterocycles. The van der Waals surface area contributed by atoms with Crippen LogP contribution < -0.4 is 5.73 Å². The normalized spacial score (nSPS) is 12.3. The van der Waals surface area contributed by atoms with Gasteiger partial charge in [-0.2, -0.15) is 0 Å². The van der Waals surface area contributed by atoms with Crippen molar-refractivity contribution in [3.8, 4) is 0 Å². The van der Waals surface area contributed by atoms with Crippen LogP contribution in [0.3, 0.4) is 0 Å². The monoisotopic (exact) mass is 249 g/mol. The van der Waals surface area contributed by atoms with Gasteiger partial charge in [-0.05, 0) is 30.3 Å². The van der Waals surface area contributed by atoms with Gasteiger partial charge in [0.15, 0.2) is 0 Å². The van der Waals surface area contributed by atoms with E-state index in [0.29, 0.717) is 16.1 Å². The summed E-state index contributed by atoms with van der Waals surface area (Å²) in [5, 5.41) is 0. The maximum Gasteiger partial charge on any atom is 0.127 e. The minimum Gasteiger partial charge on any atom is -0.399 e. The van der Waals surface area contributed by atoms with E-state index < -0.39 is 10.8 Å². The number of nitrogens with two attached hydrogens (primary N) is 1. The molecule has 17 heavy (non-hydrogen) atoms. The Bertz CT molecular complexity index is 539. The third-order valence-electron chi connectivity index (χ3n) is 2.39. The maximum atomic E-state index is 13.4. The van der Waals surface area contributed by atoms with Gasteiger partial charge in [-0.3, -0.25) is 4.21 Å². The second kappa shape index (κ2) is 5.10. The summed E-state index contributed by atoms with van der Waals surface area (Å²) in [4.78, 5) is 0.655. The van der Waals surface area contributed by atoms with Gasteiger partial charge < -0.3 is 5.73 Å². The molecule has 0 amide bonds. The lowest BCUT2D eigenvalue weighted by molar-refractivity contribution is 0.615. The van der Waals surface area contributed by atoms with Gasteiger partial charge in [-0.25, -0.2) is 4.39 Å². The summed E-state index contributed by atoms with van der Waals surface area (Å²) in [6, 6.07) is 13.1. The Morgan fingerprint density at radius 3 is 2.35 bits per heavy atom. The van der Waals surface area contributed by atoms with Crippen LogP contribution in [0.15, 0.2) is 53.4 Å². The largest absolute Gasteiger partial charge is 0.399 e. The Balaban J connectivity index is 2.17. The molecular weight excluding hydrogens is 237 g/mol. The average Bonchev–Trinajstić information content (AvgIpc) is 2.33. The molecule has 1 unspecified atom stereocenters. The average molecular weight is 249 g/mol. The van der Waals surface area contributed by atoms with E-state index in [1.807, 2.05) is 0 Å². The molecule has 4 heteroatoms. The number of nitrogen functional groups attached to an aromatic ring is 1. The zero-order valence-corrected chi connectivity index (χ0v) is 9.91. The zero-order chi connectivity index (χ0) is 12.3. The van der Waals surface area contributed by atoms with Gasteiger partial charge in [0, 0.05) is 16.1 Å². The Morgan fingerprint density at radius 2 is 1.71 bits per heavy atom. The fraction of sp³-hybridized carbons (Fsp3) is 0.0769. The molecule has 0 spiro atoms. The Hall–Kier alpha value is -1.68. The summed E-state index contributed by atoms with van der Waals surface area (Å²) in [6.07, 6.45) is 0. The maximum absolute atomic E-state index is 13.4. The highest BCUT2D eigenvalue weighted by Crippen LogP contribution is 2.16. The molecule has 0 saturated carbocycles. The summed E-state index contributed by atoms with van der Waals surface area (Å²) in [7, 11) is -1.25. The number of hydrogen-bond acceptors (Lipinski definition) is 2. The molecule has 2 aromatic carbocycles. The first-order chi connectivity index (χ1) is 8.16. The third-order valence-corrected chi connectivity index (χ3v) is 3.76. The molecule has 2 N–H and O–H groups in total. The van der Waals surface area contributed by atoms with E-state index in [1.54, 1.807) is 42.5 Å². The summed E-state index contributed by atoms with van der Waals surface area (Å²) in [5.41, 5.74) is 6.63. The second-order valence-electron chi connectivity index (χ2n) is 3.65. The molecule has 2 nitrogen and oxygen atoms in total. The van der Waals surface area contributed by atoms with Crippen molar-refractivity contribution in [1.82, 2.24) is 0 Å². The van der Waals surface area contributed by atoms with E-state index in [2.05, 4.69) is 0 Å². The number of rotatable bonds is 3. The molecule has 1 atom stereocenters. The van der Waals surface area contributed by atoms with Gasteiger partial charge in [0.1, 0.15) is 5.82 Å². The van der Waals surface area contributed by atoms with Crippen LogP contribution in [0.1, 0.15) is 5.56 Å². The number of anilines is 1. The van der Waals surface area contributed by atoms with Gasteiger partial charge in [0.2, 0.25) is 0 Å². The van der Waals surface area contributed by atoms with Crippen molar-refractivity contribution < 1.29 is 8.60 Å². The fourth-order valence-electron chi connectivity index (χ4n) is 1.46. The highest BCUT2D eigenvalue weighted by Gasteiger charge is 2.08. The summed E-state index contributed by atoms with van der Waals surface area (Å²) in [5.74, 6) is -0.146. The van der Waals surface area contributed by atoms with E-state index >= 15 is 0 Å². The van der Waals surface area contributed by atoms with Crippen molar-refractivity contribution >= 4 is 16.5 Å². The second-order valence-corrected chi connectivity index (χ2v) is 5.10. The molecule has 0 radical (unpaired) electrons. The highest BCUT2D eigenvalue weighted by molar-refractivity contribution is 7.84. The van der Waals surface area contributed by atoms with Crippen molar-refractivity contribution in [3.63, 3.8) is 0 Å². The van der Waals surface area contributed by atoms with Crippen LogP contribution in [0, 0.1) is 5.82 Å². The van der Waals surface area contributed by atoms with Crippen LogP contribution in [-0.4, -0.2) is 4.21 Å². The van der Waals surface area contributed by atoms with Gasteiger partial charge in [0.25, 0.3) is 0 Å². The highest BCUT2D eigenvalue weighted by atomic mass is 32.2. The van der Waals surface area contributed by atoms with Crippen LogP contribution in [0.4, 0.5) is 10.1 Å². The van der Waals surface area contributed by atoms with Gasteiger partial charge >= 0.3 is 0 Å².